The summed E-state index contributed by atoms with van der Waals surface area (Å²) in [6, 6.07) is 19.7. The monoisotopic (exact) mass is 460 g/mol. The molecular formula is C24H20N4O2S2. The molecule has 0 bridgehead atoms. The minimum absolute atomic E-state index is 0.0521. The Morgan fingerprint density at radius 2 is 1.94 bits per heavy atom. The quantitative estimate of drug-likeness (QED) is 0.293. The van der Waals surface area contributed by atoms with Crippen LogP contribution in [-0.2, 0) is 4.79 Å². The number of carbonyl (C=O) groups is 1. The van der Waals surface area contributed by atoms with Crippen molar-refractivity contribution in [2.75, 3.05) is 12.9 Å². The number of thiophene rings is 1. The lowest BCUT2D eigenvalue weighted by Crippen LogP contribution is -2.28. The van der Waals surface area contributed by atoms with Crippen LogP contribution in [-0.4, -0.2) is 39.5 Å². The lowest BCUT2D eigenvalue weighted by molar-refractivity contribution is -0.130. The second-order valence-corrected chi connectivity index (χ2v) is 9.11. The van der Waals surface area contributed by atoms with E-state index in [9.17, 15) is 4.79 Å². The number of aromatic nitrogens is 2. The molecule has 0 radical (unpaired) electrons. The maximum absolute atomic E-state index is 13.3. The Labute approximate surface area is 194 Å². The van der Waals surface area contributed by atoms with E-state index >= 15 is 0 Å². The van der Waals surface area contributed by atoms with Crippen LogP contribution in [0.15, 0.2) is 82.5 Å². The molecule has 1 aliphatic heterocycles. The van der Waals surface area contributed by atoms with Gasteiger partial charge in [-0.25, -0.2) is 15.0 Å². The molecule has 5 rings (SSSR count). The van der Waals surface area contributed by atoms with Crippen LogP contribution in [0.3, 0.4) is 0 Å². The Balaban J connectivity index is 1.40. The zero-order valence-electron chi connectivity index (χ0n) is 17.3. The molecule has 0 fully saturated rings. The number of nitrogens with zero attached hydrogens (tertiary/aromatic N) is 4. The molecule has 0 saturated carbocycles. The van der Waals surface area contributed by atoms with Gasteiger partial charge in [-0.15, -0.1) is 11.3 Å². The van der Waals surface area contributed by atoms with Crippen LogP contribution in [0.25, 0.3) is 10.2 Å². The van der Waals surface area contributed by atoms with Gasteiger partial charge in [0.2, 0.25) is 0 Å². The van der Waals surface area contributed by atoms with E-state index in [2.05, 4.69) is 9.97 Å². The molecule has 0 spiro atoms. The molecule has 0 N–H and O–H groups in total. The topological polar surface area (TPSA) is 67.7 Å². The third-order valence-electron chi connectivity index (χ3n) is 5.33. The number of fused-ring (bicyclic) bond motifs is 1. The number of hydrogen-bond donors (Lipinski definition) is 0. The Hall–Kier alpha value is -3.23. The highest BCUT2D eigenvalue weighted by Gasteiger charge is 2.33. The molecule has 6 nitrogen and oxygen atoms in total. The highest BCUT2D eigenvalue weighted by molar-refractivity contribution is 8.00. The Morgan fingerprint density at radius 1 is 1.12 bits per heavy atom. The van der Waals surface area contributed by atoms with Crippen LogP contribution < -0.4 is 4.74 Å². The highest BCUT2D eigenvalue weighted by Crippen LogP contribution is 2.35. The van der Waals surface area contributed by atoms with Gasteiger partial charge in [0.15, 0.2) is 0 Å². The summed E-state index contributed by atoms with van der Waals surface area (Å²) in [6.45, 7) is 0. The number of hydrazone groups is 1. The molecule has 1 amide bonds. The second-order valence-electron chi connectivity index (χ2n) is 7.25. The van der Waals surface area contributed by atoms with E-state index < -0.39 is 0 Å². The summed E-state index contributed by atoms with van der Waals surface area (Å²) in [7, 11) is 1.64. The fourth-order valence-electron chi connectivity index (χ4n) is 3.71. The van der Waals surface area contributed by atoms with Crippen LogP contribution in [0.5, 0.6) is 5.75 Å². The molecule has 8 heteroatoms. The zero-order chi connectivity index (χ0) is 21.9. The Bertz CT molecular complexity index is 1270. The molecule has 2 aromatic carbocycles. The van der Waals surface area contributed by atoms with Crippen LogP contribution in [0.4, 0.5) is 0 Å². The lowest BCUT2D eigenvalue weighted by Gasteiger charge is -2.22. The molecule has 1 atom stereocenters. The van der Waals surface area contributed by atoms with Crippen molar-refractivity contribution in [3.8, 4) is 5.75 Å². The van der Waals surface area contributed by atoms with Crippen LogP contribution in [0.1, 0.15) is 23.6 Å². The van der Waals surface area contributed by atoms with Crippen LogP contribution >= 0.6 is 23.1 Å². The van der Waals surface area contributed by atoms with Crippen molar-refractivity contribution in [1.82, 2.24) is 15.0 Å². The average molecular weight is 461 g/mol. The first-order valence-electron chi connectivity index (χ1n) is 10.1. The zero-order valence-corrected chi connectivity index (χ0v) is 19.0. The third-order valence-corrected chi connectivity index (χ3v) is 7.14. The summed E-state index contributed by atoms with van der Waals surface area (Å²) in [5.41, 5.74) is 2.97. The van der Waals surface area contributed by atoms with E-state index in [1.165, 1.54) is 11.8 Å². The smallest absolute Gasteiger partial charge is 0.253 e. The van der Waals surface area contributed by atoms with Crippen molar-refractivity contribution in [2.24, 2.45) is 5.10 Å². The van der Waals surface area contributed by atoms with Crippen molar-refractivity contribution >= 4 is 44.9 Å². The van der Waals surface area contributed by atoms with E-state index in [1.54, 1.807) is 29.8 Å². The number of ether oxygens (including phenoxy) is 1. The molecule has 0 saturated heterocycles. The van der Waals surface area contributed by atoms with Gasteiger partial charge in [0, 0.05) is 11.8 Å². The predicted molar refractivity (Wildman–Crippen MR) is 128 cm³/mol. The van der Waals surface area contributed by atoms with Gasteiger partial charge in [0.25, 0.3) is 5.91 Å². The van der Waals surface area contributed by atoms with Gasteiger partial charge in [-0.05, 0) is 34.7 Å². The first kappa shape index (κ1) is 20.7. The van der Waals surface area contributed by atoms with Crippen molar-refractivity contribution in [3.63, 3.8) is 0 Å². The third kappa shape index (κ3) is 4.11. The van der Waals surface area contributed by atoms with Gasteiger partial charge in [-0.2, -0.15) is 5.10 Å². The molecule has 3 heterocycles. The molecule has 160 valence electrons. The number of rotatable bonds is 6. The molecule has 0 unspecified atom stereocenters. The normalized spacial score (nSPS) is 15.7. The van der Waals surface area contributed by atoms with Crippen molar-refractivity contribution in [2.45, 2.75) is 17.5 Å². The second kappa shape index (κ2) is 9.10. The lowest BCUT2D eigenvalue weighted by atomic mass is 9.98. The van der Waals surface area contributed by atoms with Gasteiger partial charge >= 0.3 is 0 Å². The summed E-state index contributed by atoms with van der Waals surface area (Å²) < 4.78 is 5.29. The van der Waals surface area contributed by atoms with Crippen molar-refractivity contribution in [3.05, 3.63) is 83.5 Å². The van der Waals surface area contributed by atoms with Crippen LogP contribution in [0.2, 0.25) is 0 Å². The summed E-state index contributed by atoms with van der Waals surface area (Å²) in [4.78, 5) is 22.9. The number of carbonyl (C=O) groups excluding carboxylic acids is 1. The van der Waals surface area contributed by atoms with Gasteiger partial charge < -0.3 is 4.74 Å². The Kier molecular flexibility index (Phi) is 5.87. The van der Waals surface area contributed by atoms with Gasteiger partial charge in [-0.3, -0.25) is 4.79 Å². The van der Waals surface area contributed by atoms with E-state index in [-0.39, 0.29) is 17.7 Å². The summed E-state index contributed by atoms with van der Waals surface area (Å²) in [5.74, 6) is 0.983. The minimum Gasteiger partial charge on any atom is -0.497 e. The van der Waals surface area contributed by atoms with Crippen molar-refractivity contribution < 1.29 is 9.53 Å². The van der Waals surface area contributed by atoms with Crippen molar-refractivity contribution in [1.29, 1.82) is 0 Å². The maximum Gasteiger partial charge on any atom is 0.253 e. The predicted octanol–water partition coefficient (Wildman–Crippen LogP) is 5.17. The number of hydrogen-bond acceptors (Lipinski definition) is 7. The highest BCUT2D eigenvalue weighted by atomic mass is 32.2. The van der Waals surface area contributed by atoms with E-state index in [1.807, 2.05) is 66.0 Å². The molecule has 1 aliphatic rings. The summed E-state index contributed by atoms with van der Waals surface area (Å²) >= 11 is 2.99. The van der Waals surface area contributed by atoms with E-state index in [4.69, 9.17) is 9.84 Å². The Morgan fingerprint density at radius 3 is 2.72 bits per heavy atom. The molecule has 4 aromatic rings. The first-order chi connectivity index (χ1) is 15.7. The van der Waals surface area contributed by atoms with Gasteiger partial charge in [0.1, 0.15) is 21.9 Å². The summed E-state index contributed by atoms with van der Waals surface area (Å²) in [6.07, 6.45) is 2.21. The molecular weight excluding hydrogens is 440 g/mol. The van der Waals surface area contributed by atoms with E-state index in [0.29, 0.717) is 6.42 Å². The molecule has 32 heavy (non-hydrogen) atoms. The number of amides is 1. The number of benzene rings is 2. The fourth-order valence-corrected chi connectivity index (χ4v) is 5.34. The van der Waals surface area contributed by atoms with Crippen LogP contribution in [0, 0.1) is 0 Å². The number of thioether (sulfide) groups is 1. The molecule has 2 aromatic heterocycles. The van der Waals surface area contributed by atoms with Gasteiger partial charge in [0.05, 0.1) is 24.6 Å². The van der Waals surface area contributed by atoms with E-state index in [0.717, 1.165) is 37.8 Å². The first-order valence-corrected chi connectivity index (χ1v) is 12.0. The average Bonchev–Trinajstić information content (AvgIpc) is 3.51. The maximum atomic E-state index is 13.3. The number of methoxy groups -OCH3 is 1. The minimum atomic E-state index is -0.157. The SMILES string of the molecule is COc1ccc([C@@H]2CC(c3ccccc3)=NN2C(=O)CSc2ncnc3sccc23)cc1. The van der Waals surface area contributed by atoms with Gasteiger partial charge in [-0.1, -0.05) is 54.2 Å². The molecule has 0 aliphatic carbocycles. The summed E-state index contributed by atoms with van der Waals surface area (Å²) in [5, 5.41) is 10.2. The largest absolute Gasteiger partial charge is 0.497 e. The standard InChI is InChI=1S/C24H20N4O2S2/c1-30-18-9-7-17(8-10-18)21-13-20(16-5-3-2-4-6-16)27-28(21)22(29)14-32-24-19-11-12-31-23(19)25-15-26-24/h2-12,15,21H,13-14H2,1H3/t21-/m0/s1. The fraction of sp³-hybridized carbons (Fsp3) is 0.167.